The van der Waals surface area contributed by atoms with Crippen molar-refractivity contribution < 1.29 is 19.2 Å². The molecule has 1 aromatic carbocycles. The Balaban J connectivity index is 2.49. The van der Waals surface area contributed by atoms with Crippen LogP contribution in [0.3, 0.4) is 0 Å². The van der Waals surface area contributed by atoms with E-state index in [1.165, 1.54) is 25.1 Å². The number of anilines is 1. The number of carbonyl (C=O) groups is 2. The van der Waals surface area contributed by atoms with Gasteiger partial charge in [-0.05, 0) is 13.0 Å². The molecule has 9 nitrogen and oxygen atoms in total. The Morgan fingerprint density at radius 1 is 1.60 bits per heavy atom. The van der Waals surface area contributed by atoms with E-state index in [9.17, 15) is 19.7 Å². The summed E-state index contributed by atoms with van der Waals surface area (Å²) < 4.78 is 5.19. The number of hydrogen-bond donors (Lipinski definition) is 2. The lowest BCUT2D eigenvalue weighted by Crippen LogP contribution is -2.52. The molecule has 9 heteroatoms. The molecule has 0 bridgehead atoms. The molecule has 2 amide bonds. The zero-order chi connectivity index (χ0) is 14.9. The molecule has 1 aromatic rings. The van der Waals surface area contributed by atoms with Gasteiger partial charge < -0.3 is 4.74 Å². The Bertz CT molecular complexity index is 588. The first-order valence-corrected chi connectivity index (χ1v) is 5.69. The maximum absolute atomic E-state index is 11.9. The summed E-state index contributed by atoms with van der Waals surface area (Å²) in [7, 11) is 0. The van der Waals surface area contributed by atoms with Gasteiger partial charge in [0.2, 0.25) is 0 Å². The number of nitrogens with two attached hydrogens (primary N) is 1. The normalized spacial score (nSPS) is 15.1. The molecule has 0 spiro atoms. The molecule has 2 rings (SSSR count). The molecule has 20 heavy (non-hydrogen) atoms. The zero-order valence-electron chi connectivity index (χ0n) is 10.5. The highest BCUT2D eigenvalue weighted by Gasteiger charge is 2.34. The van der Waals surface area contributed by atoms with Gasteiger partial charge in [-0.15, -0.1) is 0 Å². The minimum absolute atomic E-state index is 0.173. The molecule has 0 aromatic heterocycles. The van der Waals surface area contributed by atoms with Gasteiger partial charge in [-0.1, -0.05) is 0 Å². The Kier molecular flexibility index (Phi) is 3.53. The fourth-order valence-corrected chi connectivity index (χ4v) is 1.94. The molecule has 1 heterocycles. The predicted molar refractivity (Wildman–Crippen MR) is 67.9 cm³/mol. The third-order valence-corrected chi connectivity index (χ3v) is 2.94. The molecule has 0 aliphatic carbocycles. The Labute approximate surface area is 113 Å². The number of nitro groups is 1. The van der Waals surface area contributed by atoms with E-state index in [1.54, 1.807) is 0 Å². The number of hydrazine groups is 1. The summed E-state index contributed by atoms with van der Waals surface area (Å²) in [5.74, 6) is 4.28. The smallest absolute Gasteiger partial charge is 0.271 e. The summed E-state index contributed by atoms with van der Waals surface area (Å²) in [5, 5.41) is 10.8. The summed E-state index contributed by atoms with van der Waals surface area (Å²) in [6.45, 7) is 1.22. The lowest BCUT2D eigenvalue weighted by atomic mass is 10.1. The number of nitro benzene ring substituents is 1. The van der Waals surface area contributed by atoms with E-state index in [-0.39, 0.29) is 18.0 Å². The third-order valence-electron chi connectivity index (χ3n) is 2.94. The fraction of sp³-hybridized carbons (Fsp3) is 0.273. The number of ether oxygens (including phenoxy) is 1. The summed E-state index contributed by atoms with van der Waals surface area (Å²) in [4.78, 5) is 34.8. The van der Waals surface area contributed by atoms with E-state index in [4.69, 9.17) is 10.6 Å². The van der Waals surface area contributed by atoms with Crippen molar-refractivity contribution in [2.75, 3.05) is 11.5 Å². The van der Waals surface area contributed by atoms with Gasteiger partial charge in [0.1, 0.15) is 11.8 Å². The summed E-state index contributed by atoms with van der Waals surface area (Å²) in [6.07, 6.45) is 0. The van der Waals surface area contributed by atoms with Crippen molar-refractivity contribution >= 4 is 23.2 Å². The van der Waals surface area contributed by atoms with Crippen LogP contribution in [0, 0.1) is 10.1 Å². The number of nitrogens with one attached hydrogen (secondary N) is 1. The molecule has 3 N–H and O–H groups in total. The highest BCUT2D eigenvalue weighted by atomic mass is 16.6. The second kappa shape index (κ2) is 5.13. The van der Waals surface area contributed by atoms with Crippen molar-refractivity contribution in [3.05, 3.63) is 28.3 Å². The van der Waals surface area contributed by atoms with Crippen molar-refractivity contribution in [2.24, 2.45) is 5.84 Å². The van der Waals surface area contributed by atoms with Crippen molar-refractivity contribution in [2.45, 2.75) is 13.0 Å². The number of fused-ring (bicyclic) bond motifs is 1. The number of carbonyl (C=O) groups excluding carboxylic acids is 2. The molecule has 106 valence electrons. The van der Waals surface area contributed by atoms with Crippen LogP contribution in [-0.4, -0.2) is 29.4 Å². The fourth-order valence-electron chi connectivity index (χ4n) is 1.94. The van der Waals surface area contributed by atoms with Gasteiger partial charge in [0, 0.05) is 12.1 Å². The molecular formula is C11H12N4O5. The van der Waals surface area contributed by atoms with Crippen molar-refractivity contribution in [3.8, 4) is 5.75 Å². The van der Waals surface area contributed by atoms with E-state index in [0.29, 0.717) is 5.75 Å². The highest BCUT2D eigenvalue weighted by molar-refractivity contribution is 6.03. The van der Waals surface area contributed by atoms with Gasteiger partial charge in [-0.3, -0.25) is 30.0 Å². The van der Waals surface area contributed by atoms with Crippen LogP contribution in [0.2, 0.25) is 0 Å². The Morgan fingerprint density at radius 2 is 2.30 bits per heavy atom. The quantitative estimate of drug-likeness (QED) is 0.338. The maximum Gasteiger partial charge on any atom is 0.271 e. The van der Waals surface area contributed by atoms with E-state index in [1.807, 2.05) is 5.43 Å². The second-order valence-corrected chi connectivity index (χ2v) is 4.15. The first-order chi connectivity index (χ1) is 9.45. The first kappa shape index (κ1) is 13.7. The molecule has 1 unspecified atom stereocenters. The third kappa shape index (κ3) is 2.26. The van der Waals surface area contributed by atoms with Gasteiger partial charge in [0.15, 0.2) is 6.61 Å². The molecule has 0 fully saturated rings. The zero-order valence-corrected chi connectivity index (χ0v) is 10.5. The van der Waals surface area contributed by atoms with Crippen LogP contribution in [0.4, 0.5) is 11.4 Å². The molecule has 0 saturated heterocycles. The largest absolute Gasteiger partial charge is 0.482 e. The van der Waals surface area contributed by atoms with Gasteiger partial charge in [0.25, 0.3) is 17.5 Å². The van der Waals surface area contributed by atoms with E-state index >= 15 is 0 Å². The number of benzene rings is 1. The summed E-state index contributed by atoms with van der Waals surface area (Å²) in [6, 6.07) is 2.94. The van der Waals surface area contributed by atoms with Crippen molar-refractivity contribution in [1.82, 2.24) is 5.43 Å². The molecule has 1 aliphatic heterocycles. The van der Waals surface area contributed by atoms with Gasteiger partial charge in [0.05, 0.1) is 10.6 Å². The van der Waals surface area contributed by atoms with E-state index in [2.05, 4.69) is 0 Å². The van der Waals surface area contributed by atoms with Gasteiger partial charge in [-0.2, -0.15) is 0 Å². The monoisotopic (exact) mass is 280 g/mol. The number of rotatable bonds is 3. The van der Waals surface area contributed by atoms with E-state index < -0.39 is 22.8 Å². The topological polar surface area (TPSA) is 128 Å². The van der Waals surface area contributed by atoms with Gasteiger partial charge >= 0.3 is 0 Å². The first-order valence-electron chi connectivity index (χ1n) is 5.69. The number of non-ortho nitro benzene ring substituents is 1. The van der Waals surface area contributed by atoms with Gasteiger partial charge in [-0.25, -0.2) is 5.84 Å². The van der Waals surface area contributed by atoms with Crippen LogP contribution < -0.4 is 20.9 Å². The molecule has 0 saturated carbocycles. The SMILES string of the molecule is CC(C(=O)NN)N1C(=O)COc2ccc([N+](=O)[O-])cc21. The minimum Gasteiger partial charge on any atom is -0.482 e. The van der Waals surface area contributed by atoms with Crippen molar-refractivity contribution in [3.63, 3.8) is 0 Å². The van der Waals surface area contributed by atoms with Crippen LogP contribution in [-0.2, 0) is 9.59 Å². The lowest BCUT2D eigenvalue weighted by molar-refractivity contribution is -0.384. The average molecular weight is 280 g/mol. The Morgan fingerprint density at radius 3 is 2.90 bits per heavy atom. The molecular weight excluding hydrogens is 268 g/mol. The van der Waals surface area contributed by atoms with Crippen LogP contribution in [0.15, 0.2) is 18.2 Å². The van der Waals surface area contributed by atoms with Crippen LogP contribution in [0.5, 0.6) is 5.75 Å². The second-order valence-electron chi connectivity index (χ2n) is 4.15. The van der Waals surface area contributed by atoms with Crippen molar-refractivity contribution in [1.29, 1.82) is 0 Å². The summed E-state index contributed by atoms with van der Waals surface area (Å²) >= 11 is 0. The van der Waals surface area contributed by atoms with Crippen LogP contribution in [0.1, 0.15) is 6.92 Å². The molecule has 0 radical (unpaired) electrons. The summed E-state index contributed by atoms with van der Waals surface area (Å²) in [5.41, 5.74) is 1.91. The standard InChI is InChI=1S/C11H12N4O5/c1-6(11(17)13-12)14-8-4-7(15(18)19)2-3-9(8)20-5-10(14)16/h2-4,6H,5,12H2,1H3,(H,13,17). The number of amides is 2. The van der Waals surface area contributed by atoms with E-state index in [0.717, 1.165) is 4.90 Å². The average Bonchev–Trinajstić information content (AvgIpc) is 2.44. The number of hydrogen-bond acceptors (Lipinski definition) is 6. The lowest BCUT2D eigenvalue weighted by Gasteiger charge is -2.32. The number of nitrogens with zero attached hydrogens (tertiary/aromatic N) is 2. The Hall–Kier alpha value is -2.68. The van der Waals surface area contributed by atoms with Crippen LogP contribution >= 0.6 is 0 Å². The minimum atomic E-state index is -0.905. The molecule has 1 atom stereocenters. The van der Waals surface area contributed by atoms with Crippen LogP contribution in [0.25, 0.3) is 0 Å². The maximum atomic E-state index is 11.9. The molecule has 1 aliphatic rings. The highest BCUT2D eigenvalue weighted by Crippen LogP contribution is 2.36. The predicted octanol–water partition coefficient (Wildman–Crippen LogP) is -0.301.